The molecule has 1 aliphatic heterocycles. The number of benzene rings is 1. The normalized spacial score (nSPS) is 16.6. The summed E-state index contributed by atoms with van der Waals surface area (Å²) in [5.74, 6) is 0. The van der Waals surface area contributed by atoms with Gasteiger partial charge < -0.3 is 9.64 Å². The first-order valence-corrected chi connectivity index (χ1v) is 10.7. The quantitative estimate of drug-likeness (QED) is 0.500. The zero-order chi connectivity index (χ0) is 17.2. The van der Waals surface area contributed by atoms with Crippen LogP contribution in [0.4, 0.5) is 5.69 Å². The van der Waals surface area contributed by atoms with Gasteiger partial charge in [0.15, 0.2) is 5.06 Å². The second kappa shape index (κ2) is 7.28. The summed E-state index contributed by atoms with van der Waals surface area (Å²) in [5.41, 5.74) is 1.35. The molecule has 0 bridgehead atoms. The molecule has 0 saturated heterocycles. The minimum atomic E-state index is 0.370. The number of hydrogen-bond acceptors (Lipinski definition) is 5. The molecule has 3 aromatic rings. The van der Waals surface area contributed by atoms with E-state index < -0.39 is 0 Å². The van der Waals surface area contributed by atoms with Crippen LogP contribution in [0.2, 0.25) is 0 Å². The second-order valence-electron chi connectivity index (χ2n) is 5.65. The number of thioether (sulfide) groups is 1. The number of nitrogens with zero attached hydrogens (tertiary/aromatic N) is 1. The Morgan fingerprint density at radius 1 is 1.04 bits per heavy atom. The van der Waals surface area contributed by atoms with E-state index in [1.54, 1.807) is 18.4 Å². The van der Waals surface area contributed by atoms with Crippen molar-refractivity contribution in [2.45, 2.75) is 17.2 Å². The van der Waals surface area contributed by atoms with Gasteiger partial charge in [0.1, 0.15) is 0 Å². The minimum absolute atomic E-state index is 0.370. The number of anilines is 1. The molecule has 0 saturated carbocycles. The summed E-state index contributed by atoms with van der Waals surface area (Å²) in [7, 11) is 1.72. The Labute approximate surface area is 160 Å². The number of hydrogen-bond donors (Lipinski definition) is 0. The fraction of sp³-hybridized carbons (Fsp3) is 0.200. The molecule has 5 heteroatoms. The molecule has 2 aromatic heterocycles. The zero-order valence-electron chi connectivity index (χ0n) is 14.1. The molecule has 0 N–H and O–H groups in total. The number of para-hydroxylation sites is 1. The summed E-state index contributed by atoms with van der Waals surface area (Å²) in [4.78, 5) is 7.67. The van der Waals surface area contributed by atoms with Gasteiger partial charge in [0, 0.05) is 26.1 Å². The van der Waals surface area contributed by atoms with Gasteiger partial charge in [-0.15, -0.1) is 11.3 Å². The van der Waals surface area contributed by atoms with E-state index in [1.165, 1.54) is 25.2 Å². The Balaban J connectivity index is 1.51. The van der Waals surface area contributed by atoms with Gasteiger partial charge in [-0.25, -0.2) is 0 Å². The Morgan fingerprint density at radius 3 is 2.64 bits per heavy atom. The largest absolute Gasteiger partial charge is 0.487 e. The SMILES string of the molecule is CCN1c2ccccc2SC1/C=C/c1ccc(-c2ccc(OC)s2)s1. The minimum Gasteiger partial charge on any atom is -0.487 e. The molecule has 0 amide bonds. The summed E-state index contributed by atoms with van der Waals surface area (Å²) >= 11 is 5.44. The summed E-state index contributed by atoms with van der Waals surface area (Å²) in [6.45, 7) is 3.24. The van der Waals surface area contributed by atoms with Crippen LogP contribution in [0.5, 0.6) is 5.06 Å². The first-order valence-electron chi connectivity index (χ1n) is 8.23. The summed E-state index contributed by atoms with van der Waals surface area (Å²) in [6, 6.07) is 17.2. The lowest BCUT2D eigenvalue weighted by molar-refractivity contribution is 0.427. The van der Waals surface area contributed by atoms with Crippen LogP contribution in [0, 0.1) is 0 Å². The maximum Gasteiger partial charge on any atom is 0.173 e. The number of ether oxygens (including phenoxy) is 1. The van der Waals surface area contributed by atoms with Crippen molar-refractivity contribution in [2.75, 3.05) is 18.6 Å². The molecule has 0 spiro atoms. The van der Waals surface area contributed by atoms with Crippen LogP contribution < -0.4 is 9.64 Å². The number of likely N-dealkylation sites (N-methyl/N-ethyl adjacent to an activating group) is 1. The monoisotopic (exact) mass is 385 g/mol. The van der Waals surface area contributed by atoms with Gasteiger partial charge >= 0.3 is 0 Å². The number of rotatable bonds is 5. The summed E-state index contributed by atoms with van der Waals surface area (Å²) in [5, 5.41) is 1.33. The maximum atomic E-state index is 5.29. The van der Waals surface area contributed by atoms with Crippen molar-refractivity contribution < 1.29 is 4.74 Å². The van der Waals surface area contributed by atoms with Crippen molar-refractivity contribution in [3.05, 3.63) is 59.5 Å². The van der Waals surface area contributed by atoms with Crippen molar-refractivity contribution in [3.8, 4) is 14.8 Å². The van der Waals surface area contributed by atoms with Gasteiger partial charge in [-0.2, -0.15) is 0 Å². The van der Waals surface area contributed by atoms with Crippen molar-refractivity contribution in [2.24, 2.45) is 0 Å². The molecular weight excluding hydrogens is 366 g/mol. The van der Waals surface area contributed by atoms with Crippen molar-refractivity contribution in [1.82, 2.24) is 0 Å². The van der Waals surface area contributed by atoms with Gasteiger partial charge in [0.05, 0.1) is 18.2 Å². The molecule has 1 aromatic carbocycles. The number of thiophene rings is 2. The molecule has 1 atom stereocenters. The smallest absolute Gasteiger partial charge is 0.173 e. The molecule has 1 unspecified atom stereocenters. The standard InChI is InChI=1S/C20H19NOS3/c1-3-21-15-6-4-5-7-16(15)24-19(21)12-9-14-8-10-17(23-14)18-11-13-20(22-2)25-18/h4-13,19H,3H2,1-2H3/b12-9+. The van der Waals surface area contributed by atoms with Crippen molar-refractivity contribution in [3.63, 3.8) is 0 Å². The van der Waals surface area contributed by atoms with Crippen LogP contribution in [0.3, 0.4) is 0 Å². The molecule has 1 aliphatic rings. The Hall–Kier alpha value is -1.69. The molecule has 0 fully saturated rings. The third-order valence-corrected chi connectivity index (χ3v) is 7.69. The van der Waals surface area contributed by atoms with Crippen LogP contribution in [-0.4, -0.2) is 19.0 Å². The van der Waals surface area contributed by atoms with E-state index in [0.717, 1.165) is 11.6 Å². The topological polar surface area (TPSA) is 12.5 Å². The first-order chi connectivity index (χ1) is 12.3. The van der Waals surface area contributed by atoms with E-state index in [4.69, 9.17) is 4.74 Å². The van der Waals surface area contributed by atoms with Crippen molar-refractivity contribution in [1.29, 1.82) is 0 Å². The van der Waals surface area contributed by atoms with Crippen LogP contribution in [0.1, 0.15) is 11.8 Å². The zero-order valence-corrected chi connectivity index (χ0v) is 16.6. The van der Waals surface area contributed by atoms with Gasteiger partial charge in [-0.3, -0.25) is 0 Å². The molecule has 25 heavy (non-hydrogen) atoms. The summed E-state index contributed by atoms with van der Waals surface area (Å²) in [6.07, 6.45) is 4.57. The predicted octanol–water partition coefficient (Wildman–Crippen LogP) is 6.46. The lowest BCUT2D eigenvalue weighted by Crippen LogP contribution is -2.27. The van der Waals surface area contributed by atoms with Gasteiger partial charge in [0.25, 0.3) is 0 Å². The van der Waals surface area contributed by atoms with Crippen LogP contribution in [-0.2, 0) is 0 Å². The second-order valence-corrected chi connectivity index (χ2v) is 8.97. The maximum absolute atomic E-state index is 5.29. The predicted molar refractivity (Wildman–Crippen MR) is 112 cm³/mol. The van der Waals surface area contributed by atoms with E-state index in [9.17, 15) is 0 Å². The highest BCUT2D eigenvalue weighted by Crippen LogP contribution is 2.44. The number of methoxy groups -OCH3 is 1. The lowest BCUT2D eigenvalue weighted by atomic mass is 10.3. The van der Waals surface area contributed by atoms with Crippen molar-refractivity contribution >= 4 is 46.2 Å². The third-order valence-electron chi connectivity index (χ3n) is 4.15. The van der Waals surface area contributed by atoms with Crippen LogP contribution in [0.25, 0.3) is 15.8 Å². The fourth-order valence-electron chi connectivity index (χ4n) is 2.93. The van der Waals surface area contributed by atoms with E-state index >= 15 is 0 Å². The van der Waals surface area contributed by atoms with E-state index in [-0.39, 0.29) is 0 Å². The average molecular weight is 386 g/mol. The Bertz CT molecular complexity index is 896. The molecule has 128 valence electrons. The number of fused-ring (bicyclic) bond motifs is 1. The third kappa shape index (κ3) is 3.36. The van der Waals surface area contributed by atoms with E-state index in [0.29, 0.717) is 5.37 Å². The average Bonchev–Trinajstić information content (AvgIpc) is 3.36. The fourth-order valence-corrected chi connectivity index (χ4v) is 6.04. The molecule has 3 heterocycles. The van der Waals surface area contributed by atoms with Gasteiger partial charge in [0.2, 0.25) is 0 Å². The Kier molecular flexibility index (Phi) is 4.88. The van der Waals surface area contributed by atoms with Crippen LogP contribution in [0.15, 0.2) is 59.5 Å². The van der Waals surface area contributed by atoms with Crippen LogP contribution >= 0.6 is 34.4 Å². The van der Waals surface area contributed by atoms with E-state index in [1.807, 2.05) is 29.2 Å². The highest BCUT2D eigenvalue weighted by atomic mass is 32.2. The van der Waals surface area contributed by atoms with Gasteiger partial charge in [-0.1, -0.05) is 41.3 Å². The lowest BCUT2D eigenvalue weighted by Gasteiger charge is -2.22. The molecule has 2 nitrogen and oxygen atoms in total. The van der Waals surface area contributed by atoms with E-state index in [2.05, 4.69) is 66.4 Å². The summed E-state index contributed by atoms with van der Waals surface area (Å²) < 4.78 is 5.29. The first kappa shape index (κ1) is 16.8. The Morgan fingerprint density at radius 2 is 1.84 bits per heavy atom. The highest BCUT2D eigenvalue weighted by Gasteiger charge is 2.26. The van der Waals surface area contributed by atoms with Gasteiger partial charge in [-0.05, 0) is 49.4 Å². The molecule has 4 rings (SSSR count). The molecule has 0 radical (unpaired) electrons. The molecular formula is C20H19NOS3. The highest BCUT2D eigenvalue weighted by molar-refractivity contribution is 8.00. The molecule has 0 aliphatic carbocycles.